The molecule has 230 valence electrons. The molecule has 5 rings (SSSR count). The Morgan fingerprint density at radius 2 is 1.62 bits per heavy atom. The molecule has 0 aromatic rings. The molecule has 40 heavy (non-hydrogen) atoms. The lowest BCUT2D eigenvalue weighted by molar-refractivity contribution is -0.203. The van der Waals surface area contributed by atoms with Crippen LogP contribution in [0.2, 0.25) is 0 Å². The Hall–Kier alpha value is -0.700. The molecular weight excluding hydrogens is 526 g/mol. The predicted octanol–water partition coefficient (Wildman–Crippen LogP) is 5.34. The van der Waals surface area contributed by atoms with Crippen LogP contribution in [0, 0.1) is 52.3 Å². The van der Waals surface area contributed by atoms with Crippen molar-refractivity contribution < 1.29 is 28.0 Å². The Kier molecular flexibility index (Phi) is 8.78. The second-order valence-corrected chi connectivity index (χ2v) is 16.8. The summed E-state index contributed by atoms with van der Waals surface area (Å²) in [6.45, 7) is 9.44. The van der Waals surface area contributed by atoms with Crippen molar-refractivity contribution in [1.82, 2.24) is 5.32 Å². The Bertz CT molecular complexity index is 1030. The van der Waals surface area contributed by atoms with Gasteiger partial charge in [0.1, 0.15) is 5.25 Å². The minimum absolute atomic E-state index is 0.109. The Morgan fingerprint density at radius 1 is 0.950 bits per heavy atom. The minimum atomic E-state index is -4.17. The molecule has 0 aromatic heterocycles. The van der Waals surface area contributed by atoms with E-state index in [4.69, 9.17) is 0 Å². The van der Waals surface area contributed by atoms with Crippen molar-refractivity contribution in [2.75, 3.05) is 0 Å². The van der Waals surface area contributed by atoms with Gasteiger partial charge in [-0.25, -0.2) is 0 Å². The van der Waals surface area contributed by atoms with Gasteiger partial charge in [0.15, 0.2) is 0 Å². The van der Waals surface area contributed by atoms with Gasteiger partial charge in [-0.15, -0.1) is 0 Å². The number of amides is 1. The van der Waals surface area contributed by atoms with Crippen LogP contribution in [0.25, 0.3) is 0 Å². The van der Waals surface area contributed by atoms with E-state index in [2.05, 4.69) is 33.0 Å². The maximum Gasteiger partial charge on any atom is 0.269 e. The van der Waals surface area contributed by atoms with Crippen molar-refractivity contribution in [2.24, 2.45) is 52.3 Å². The Balaban J connectivity index is 1.25. The predicted molar refractivity (Wildman–Crippen MR) is 156 cm³/mol. The molecular formula is C32H55NO6S. The van der Waals surface area contributed by atoms with Crippen LogP contribution in [0.15, 0.2) is 0 Å². The third-order valence-corrected chi connectivity index (χ3v) is 14.7. The highest BCUT2D eigenvalue weighted by Gasteiger charge is 2.64. The molecule has 13 atom stereocenters. The van der Waals surface area contributed by atoms with E-state index in [1.807, 2.05) is 0 Å². The van der Waals surface area contributed by atoms with Gasteiger partial charge in [-0.2, -0.15) is 8.42 Å². The highest BCUT2D eigenvalue weighted by atomic mass is 32.2. The van der Waals surface area contributed by atoms with E-state index in [-0.39, 0.29) is 34.9 Å². The van der Waals surface area contributed by atoms with E-state index >= 15 is 0 Å². The van der Waals surface area contributed by atoms with Crippen LogP contribution in [-0.4, -0.2) is 52.6 Å². The van der Waals surface area contributed by atoms with Gasteiger partial charge in [0.05, 0.1) is 12.2 Å². The lowest BCUT2D eigenvalue weighted by Crippen LogP contribution is -2.62. The fourth-order valence-corrected chi connectivity index (χ4v) is 12.5. The second-order valence-electron chi connectivity index (χ2n) is 15.1. The summed E-state index contributed by atoms with van der Waals surface area (Å²) >= 11 is 0. The van der Waals surface area contributed by atoms with E-state index in [9.17, 15) is 28.0 Å². The number of carbonyl (C=O) groups is 1. The van der Waals surface area contributed by atoms with Crippen LogP contribution in [-0.2, 0) is 14.9 Å². The first-order valence-electron chi connectivity index (χ1n) is 16.4. The number of nitrogens with one attached hydrogen (secondary N) is 1. The van der Waals surface area contributed by atoms with Crippen molar-refractivity contribution in [3.8, 4) is 0 Å². The lowest BCUT2D eigenvalue weighted by atomic mass is 9.41. The standard InChI is InChI=1S/C32H55NO6S/c1-5-21-25-18-20(34)14-16-32(25,4)24-15-17-31(3)22(11-12-23(31)29(24)30(21)36)19(2)10-13-28(35)33-26-8-6-7-9-27(26)40(37,38)39/h19-27,29-30,34,36H,5-18H2,1-4H3,(H,33,35)(H,37,38,39)/t19-,20-,21-,22-,23+,24+,25+,26+,27-,29+,30-,31-,32-/m1/s1. The van der Waals surface area contributed by atoms with Crippen LogP contribution in [0.4, 0.5) is 0 Å². The van der Waals surface area contributed by atoms with Crippen molar-refractivity contribution in [1.29, 1.82) is 0 Å². The maximum absolute atomic E-state index is 12.9. The molecule has 5 saturated carbocycles. The summed E-state index contributed by atoms with van der Waals surface area (Å²) in [7, 11) is -4.17. The monoisotopic (exact) mass is 581 g/mol. The number of fused-ring (bicyclic) bond motifs is 5. The molecule has 1 amide bonds. The van der Waals surface area contributed by atoms with Crippen LogP contribution in [0.5, 0.6) is 0 Å². The summed E-state index contributed by atoms with van der Waals surface area (Å²) in [5.74, 6) is 2.78. The molecule has 0 aromatic carbocycles. The first-order chi connectivity index (χ1) is 18.8. The average Bonchev–Trinajstić information content (AvgIpc) is 3.25. The van der Waals surface area contributed by atoms with Gasteiger partial charge in [0.2, 0.25) is 5.91 Å². The highest BCUT2D eigenvalue weighted by molar-refractivity contribution is 7.86. The van der Waals surface area contributed by atoms with Gasteiger partial charge in [0.25, 0.3) is 10.1 Å². The summed E-state index contributed by atoms with van der Waals surface area (Å²) in [5, 5.41) is 24.5. The molecule has 0 aliphatic heterocycles. The van der Waals surface area contributed by atoms with E-state index in [0.717, 1.165) is 64.2 Å². The molecule has 0 saturated heterocycles. The van der Waals surface area contributed by atoms with Crippen molar-refractivity contribution in [2.45, 2.75) is 141 Å². The molecule has 0 heterocycles. The molecule has 0 spiro atoms. The number of aliphatic hydroxyl groups excluding tert-OH is 2. The summed E-state index contributed by atoms with van der Waals surface area (Å²) in [6.07, 6.45) is 11.6. The van der Waals surface area contributed by atoms with Crippen molar-refractivity contribution in [3.05, 3.63) is 0 Å². The largest absolute Gasteiger partial charge is 0.393 e. The van der Waals surface area contributed by atoms with E-state index in [0.29, 0.717) is 54.8 Å². The normalized spacial score (nSPS) is 48.0. The molecule has 4 N–H and O–H groups in total. The zero-order chi connectivity index (χ0) is 29.0. The molecule has 0 radical (unpaired) electrons. The first-order valence-corrected chi connectivity index (χ1v) is 17.9. The van der Waals surface area contributed by atoms with Gasteiger partial charge < -0.3 is 15.5 Å². The topological polar surface area (TPSA) is 124 Å². The van der Waals surface area contributed by atoms with Gasteiger partial charge >= 0.3 is 0 Å². The molecule has 8 heteroatoms. The van der Waals surface area contributed by atoms with E-state index in [1.165, 1.54) is 6.42 Å². The SMILES string of the molecule is CC[C@H]1[C@@H](O)[C@@H]2[C@H](CC[C@]3(C)[C@@H]([C@H](C)CCC(=O)N[C@H]4CCCC[C@H]4S(=O)(=O)O)CC[C@@H]23)[C@@]2(C)CC[C@@H](O)C[C@@H]12. The van der Waals surface area contributed by atoms with Crippen molar-refractivity contribution in [3.63, 3.8) is 0 Å². The third kappa shape index (κ3) is 5.30. The molecule has 7 nitrogen and oxygen atoms in total. The van der Waals surface area contributed by atoms with Crippen molar-refractivity contribution >= 4 is 16.0 Å². The third-order valence-electron chi connectivity index (χ3n) is 13.4. The number of rotatable bonds is 7. The second kappa shape index (κ2) is 11.4. The molecule has 5 aliphatic rings. The molecule has 5 fully saturated rings. The summed E-state index contributed by atoms with van der Waals surface area (Å²) in [6, 6.07) is -0.499. The van der Waals surface area contributed by atoms with Gasteiger partial charge in [0, 0.05) is 12.5 Å². The fraction of sp³-hybridized carbons (Fsp3) is 0.969. The van der Waals surface area contributed by atoms with Crippen LogP contribution in [0.3, 0.4) is 0 Å². The zero-order valence-electron chi connectivity index (χ0n) is 25.2. The lowest BCUT2D eigenvalue weighted by Gasteiger charge is -2.64. The quantitative estimate of drug-likeness (QED) is 0.301. The van der Waals surface area contributed by atoms with E-state index in [1.54, 1.807) is 0 Å². The van der Waals surface area contributed by atoms with Crippen LogP contribution < -0.4 is 5.32 Å². The Morgan fingerprint density at radius 3 is 2.33 bits per heavy atom. The number of hydrogen-bond acceptors (Lipinski definition) is 5. The average molecular weight is 582 g/mol. The first kappa shape index (κ1) is 30.7. The Labute approximate surface area is 242 Å². The summed E-state index contributed by atoms with van der Waals surface area (Å²) < 4.78 is 33.3. The minimum Gasteiger partial charge on any atom is -0.393 e. The van der Waals surface area contributed by atoms with Crippen LogP contribution >= 0.6 is 0 Å². The highest BCUT2D eigenvalue weighted by Crippen LogP contribution is 2.69. The van der Waals surface area contributed by atoms with Crippen LogP contribution in [0.1, 0.15) is 118 Å². The van der Waals surface area contributed by atoms with Gasteiger partial charge in [-0.05, 0) is 116 Å². The molecule has 0 unspecified atom stereocenters. The maximum atomic E-state index is 12.9. The molecule has 5 aliphatic carbocycles. The van der Waals surface area contributed by atoms with E-state index < -0.39 is 21.4 Å². The fourth-order valence-electron chi connectivity index (χ4n) is 11.4. The number of aliphatic hydroxyl groups is 2. The summed E-state index contributed by atoms with van der Waals surface area (Å²) in [5.41, 5.74) is 0.360. The number of hydrogen-bond donors (Lipinski definition) is 4. The molecule has 0 bridgehead atoms. The zero-order valence-corrected chi connectivity index (χ0v) is 26.0. The van der Waals surface area contributed by atoms with Gasteiger partial charge in [-0.1, -0.05) is 47.0 Å². The van der Waals surface area contributed by atoms with Gasteiger partial charge in [-0.3, -0.25) is 9.35 Å². The number of carbonyl (C=O) groups excluding carboxylic acids is 1. The smallest absolute Gasteiger partial charge is 0.269 e. The summed E-state index contributed by atoms with van der Waals surface area (Å²) in [4.78, 5) is 12.9.